The zero-order chi connectivity index (χ0) is 24.3. The molecule has 0 unspecified atom stereocenters. The van der Waals surface area contributed by atoms with Crippen LogP contribution in [0.2, 0.25) is 0 Å². The zero-order valence-corrected chi connectivity index (χ0v) is 19.6. The standard InChI is InChI=1S/C26H24N2O5S/c1-3-18-9-14-23-22(15-18)26(30)24(34(31,32)21-7-5-4-6-8-21)16-28(23)17-25(29)27-19-10-12-20(33-2)13-11-19/h4-16H,3,17H2,1-2H3,(H,27,29). The lowest BCUT2D eigenvalue weighted by molar-refractivity contribution is -0.116. The Bertz CT molecular complexity index is 1510. The lowest BCUT2D eigenvalue weighted by atomic mass is 10.1. The quantitative estimate of drug-likeness (QED) is 0.434. The van der Waals surface area contributed by atoms with Gasteiger partial charge in [0.25, 0.3) is 0 Å². The Hall–Kier alpha value is -3.91. The molecule has 4 rings (SSSR count). The Kier molecular flexibility index (Phi) is 6.51. The predicted molar refractivity (Wildman–Crippen MR) is 131 cm³/mol. The molecule has 4 aromatic rings. The Morgan fingerprint density at radius 2 is 1.71 bits per heavy atom. The van der Waals surface area contributed by atoms with Gasteiger partial charge in [0.1, 0.15) is 17.2 Å². The van der Waals surface area contributed by atoms with Crippen molar-refractivity contribution in [2.45, 2.75) is 29.7 Å². The van der Waals surface area contributed by atoms with E-state index >= 15 is 0 Å². The molecule has 0 spiro atoms. The number of carbonyl (C=O) groups is 1. The monoisotopic (exact) mass is 476 g/mol. The lowest BCUT2D eigenvalue weighted by Crippen LogP contribution is -2.24. The molecule has 0 aliphatic heterocycles. The summed E-state index contributed by atoms with van der Waals surface area (Å²) in [6.45, 7) is 1.78. The molecule has 0 radical (unpaired) electrons. The van der Waals surface area contributed by atoms with Crippen molar-refractivity contribution in [1.82, 2.24) is 4.57 Å². The maximum Gasteiger partial charge on any atom is 0.244 e. The molecule has 3 aromatic carbocycles. The molecule has 7 nitrogen and oxygen atoms in total. The first-order valence-corrected chi connectivity index (χ1v) is 12.2. The van der Waals surface area contributed by atoms with Crippen molar-refractivity contribution in [3.8, 4) is 5.75 Å². The summed E-state index contributed by atoms with van der Waals surface area (Å²) < 4.78 is 33.3. The number of hydrogen-bond acceptors (Lipinski definition) is 5. The van der Waals surface area contributed by atoms with Gasteiger partial charge in [0.15, 0.2) is 0 Å². The van der Waals surface area contributed by atoms with Gasteiger partial charge in [0, 0.05) is 17.3 Å². The highest BCUT2D eigenvalue weighted by Gasteiger charge is 2.24. The largest absolute Gasteiger partial charge is 0.497 e. The van der Waals surface area contributed by atoms with Crippen molar-refractivity contribution < 1.29 is 17.9 Å². The van der Waals surface area contributed by atoms with E-state index in [2.05, 4.69) is 5.32 Å². The van der Waals surface area contributed by atoms with Gasteiger partial charge in [-0.1, -0.05) is 31.2 Å². The summed E-state index contributed by atoms with van der Waals surface area (Å²) in [5.74, 6) is 0.296. The molecule has 0 aliphatic carbocycles. The van der Waals surface area contributed by atoms with Gasteiger partial charge in [-0.15, -0.1) is 0 Å². The maximum atomic E-state index is 13.3. The molecule has 0 saturated heterocycles. The van der Waals surface area contributed by atoms with Crippen LogP contribution in [0.3, 0.4) is 0 Å². The fraction of sp³-hybridized carbons (Fsp3) is 0.154. The molecule has 174 valence electrons. The van der Waals surface area contributed by atoms with Crippen molar-refractivity contribution in [3.63, 3.8) is 0 Å². The zero-order valence-electron chi connectivity index (χ0n) is 18.8. The van der Waals surface area contributed by atoms with E-state index in [9.17, 15) is 18.0 Å². The number of anilines is 1. The minimum Gasteiger partial charge on any atom is -0.497 e. The number of carbonyl (C=O) groups excluding carboxylic acids is 1. The molecular weight excluding hydrogens is 452 g/mol. The van der Waals surface area contributed by atoms with Crippen LogP contribution in [0.4, 0.5) is 5.69 Å². The summed E-state index contributed by atoms with van der Waals surface area (Å²) >= 11 is 0. The summed E-state index contributed by atoms with van der Waals surface area (Å²) in [6, 6.07) is 20.0. The fourth-order valence-electron chi connectivity index (χ4n) is 3.72. The number of fused-ring (bicyclic) bond motifs is 1. The van der Waals surface area contributed by atoms with E-state index in [4.69, 9.17) is 4.74 Å². The van der Waals surface area contributed by atoms with Gasteiger partial charge in [0.2, 0.25) is 21.2 Å². The fourth-order valence-corrected chi connectivity index (χ4v) is 5.11. The molecule has 1 amide bonds. The average molecular weight is 477 g/mol. The second-order valence-electron chi connectivity index (χ2n) is 7.75. The van der Waals surface area contributed by atoms with E-state index in [1.807, 2.05) is 13.0 Å². The number of aromatic nitrogens is 1. The average Bonchev–Trinajstić information content (AvgIpc) is 2.86. The molecule has 0 atom stereocenters. The Morgan fingerprint density at radius 1 is 1.00 bits per heavy atom. The topological polar surface area (TPSA) is 94.5 Å². The van der Waals surface area contributed by atoms with E-state index in [1.54, 1.807) is 61.7 Å². The molecule has 1 N–H and O–H groups in total. The van der Waals surface area contributed by atoms with E-state index in [1.165, 1.54) is 22.9 Å². The number of amides is 1. The van der Waals surface area contributed by atoms with E-state index in [-0.39, 0.29) is 27.6 Å². The second kappa shape index (κ2) is 9.52. The van der Waals surface area contributed by atoms with Gasteiger partial charge in [-0.25, -0.2) is 8.42 Å². The molecule has 0 fully saturated rings. The first-order valence-electron chi connectivity index (χ1n) is 10.7. The van der Waals surface area contributed by atoms with Crippen LogP contribution in [0.5, 0.6) is 5.75 Å². The number of methoxy groups -OCH3 is 1. The molecule has 0 saturated carbocycles. The van der Waals surface area contributed by atoms with Crippen molar-refractivity contribution in [2.24, 2.45) is 0 Å². The van der Waals surface area contributed by atoms with Crippen molar-refractivity contribution in [2.75, 3.05) is 12.4 Å². The Balaban J connectivity index is 1.79. The van der Waals surface area contributed by atoms with Gasteiger partial charge in [-0.2, -0.15) is 0 Å². The van der Waals surface area contributed by atoms with Crippen molar-refractivity contribution >= 4 is 32.3 Å². The maximum absolute atomic E-state index is 13.3. The predicted octanol–water partition coefficient (Wildman–Crippen LogP) is 4.04. The molecule has 1 heterocycles. The number of nitrogens with one attached hydrogen (secondary N) is 1. The van der Waals surface area contributed by atoms with Gasteiger partial charge < -0.3 is 14.6 Å². The highest BCUT2D eigenvalue weighted by Crippen LogP contribution is 2.22. The van der Waals surface area contributed by atoms with E-state index in [0.29, 0.717) is 23.4 Å². The number of rotatable bonds is 7. The first-order chi connectivity index (χ1) is 16.3. The number of ether oxygens (including phenoxy) is 1. The van der Waals surface area contributed by atoms with Gasteiger partial charge in [-0.05, 0) is 60.5 Å². The van der Waals surface area contributed by atoms with Gasteiger partial charge >= 0.3 is 0 Å². The summed E-state index contributed by atoms with van der Waals surface area (Å²) in [5, 5.41) is 3.05. The van der Waals surface area contributed by atoms with Crippen molar-refractivity contribution in [1.29, 1.82) is 0 Å². The molecular formula is C26H24N2O5S. The molecule has 0 aliphatic rings. The van der Waals surface area contributed by atoms with Crippen molar-refractivity contribution in [3.05, 3.63) is 94.8 Å². The number of benzene rings is 3. The molecule has 1 aromatic heterocycles. The van der Waals surface area contributed by atoms with Gasteiger partial charge in [0.05, 0.1) is 17.5 Å². The molecule has 8 heteroatoms. The third-order valence-corrected chi connectivity index (χ3v) is 7.31. The first kappa shape index (κ1) is 23.3. The summed E-state index contributed by atoms with van der Waals surface area (Å²) in [6.07, 6.45) is 1.94. The minimum absolute atomic E-state index is 0.0207. The highest BCUT2D eigenvalue weighted by molar-refractivity contribution is 7.91. The van der Waals surface area contributed by atoms with Crippen LogP contribution in [-0.4, -0.2) is 26.0 Å². The number of hydrogen-bond donors (Lipinski definition) is 1. The summed E-state index contributed by atoms with van der Waals surface area (Å²) in [4.78, 5) is 25.8. The van der Waals surface area contributed by atoms with Crippen LogP contribution in [0, 0.1) is 0 Å². The van der Waals surface area contributed by atoms with E-state index < -0.39 is 15.3 Å². The smallest absolute Gasteiger partial charge is 0.244 e. The second-order valence-corrected chi connectivity index (χ2v) is 9.67. The minimum atomic E-state index is -4.08. The third-order valence-electron chi connectivity index (χ3n) is 5.55. The number of sulfone groups is 1. The van der Waals surface area contributed by atoms with Crippen LogP contribution in [-0.2, 0) is 27.6 Å². The third kappa shape index (κ3) is 4.58. The van der Waals surface area contributed by atoms with Gasteiger partial charge in [-0.3, -0.25) is 9.59 Å². The highest BCUT2D eigenvalue weighted by atomic mass is 32.2. The van der Waals surface area contributed by atoms with Crippen LogP contribution in [0.1, 0.15) is 12.5 Å². The summed E-state index contributed by atoms with van der Waals surface area (Å²) in [5.41, 5.74) is 1.37. The van der Waals surface area contributed by atoms with Crippen LogP contribution >= 0.6 is 0 Å². The number of nitrogens with zero attached hydrogens (tertiary/aromatic N) is 1. The lowest BCUT2D eigenvalue weighted by Gasteiger charge is -2.15. The molecule has 0 bridgehead atoms. The van der Waals surface area contributed by atoms with Crippen LogP contribution < -0.4 is 15.5 Å². The number of aryl methyl sites for hydroxylation is 1. The Morgan fingerprint density at radius 3 is 2.35 bits per heavy atom. The Labute approximate surface area is 197 Å². The van der Waals surface area contributed by atoms with Crippen LogP contribution in [0.15, 0.2) is 93.6 Å². The number of pyridine rings is 1. The normalized spacial score (nSPS) is 11.4. The molecule has 34 heavy (non-hydrogen) atoms. The summed E-state index contributed by atoms with van der Waals surface area (Å²) in [7, 11) is -2.53. The van der Waals surface area contributed by atoms with Crippen LogP contribution in [0.25, 0.3) is 10.9 Å². The SMILES string of the molecule is CCc1ccc2c(c1)c(=O)c(S(=O)(=O)c1ccccc1)cn2CC(=O)Nc1ccc(OC)cc1. The van der Waals surface area contributed by atoms with E-state index in [0.717, 1.165) is 5.56 Å².